The molecule has 5 heteroatoms. The highest BCUT2D eigenvalue weighted by Crippen LogP contribution is 2.23. The molecule has 1 amide bonds. The van der Waals surface area contributed by atoms with Crippen LogP contribution in [0.25, 0.3) is 0 Å². The lowest BCUT2D eigenvalue weighted by Crippen LogP contribution is -2.26. The zero-order valence-corrected chi connectivity index (χ0v) is 14.7. The summed E-state index contributed by atoms with van der Waals surface area (Å²) in [7, 11) is 1.78. The van der Waals surface area contributed by atoms with Gasteiger partial charge in [0, 0.05) is 27.6 Å². The van der Waals surface area contributed by atoms with E-state index in [0.717, 1.165) is 14.5 Å². The van der Waals surface area contributed by atoms with Crippen LogP contribution in [0.3, 0.4) is 0 Å². The van der Waals surface area contributed by atoms with Crippen LogP contribution < -0.4 is 0 Å². The Hall–Kier alpha value is -0.840. The summed E-state index contributed by atoms with van der Waals surface area (Å²) in [6.07, 6.45) is 0. The van der Waals surface area contributed by atoms with Gasteiger partial charge in [0.05, 0.1) is 5.56 Å². The number of benzene rings is 2. The van der Waals surface area contributed by atoms with Crippen LogP contribution in [-0.2, 0) is 6.54 Å². The summed E-state index contributed by atoms with van der Waals surface area (Å²) < 4.78 is 1.70. The van der Waals surface area contributed by atoms with Crippen molar-refractivity contribution in [1.29, 1.82) is 0 Å². The summed E-state index contributed by atoms with van der Waals surface area (Å²) in [4.78, 5) is 14.1. The number of amides is 1. The van der Waals surface area contributed by atoms with E-state index in [-0.39, 0.29) is 5.91 Å². The Kier molecular flexibility index (Phi) is 5.24. The summed E-state index contributed by atoms with van der Waals surface area (Å²) >= 11 is 12.7. The van der Waals surface area contributed by atoms with E-state index in [0.29, 0.717) is 17.1 Å². The van der Waals surface area contributed by atoms with Gasteiger partial charge >= 0.3 is 0 Å². The summed E-state index contributed by atoms with van der Waals surface area (Å²) in [6.45, 7) is 0.516. The van der Waals surface area contributed by atoms with Crippen molar-refractivity contribution >= 4 is 49.4 Å². The van der Waals surface area contributed by atoms with Gasteiger partial charge in [-0.15, -0.1) is 0 Å². The van der Waals surface area contributed by atoms with Crippen molar-refractivity contribution in [3.8, 4) is 0 Å². The second-order valence-corrected chi connectivity index (χ2v) is 6.62. The van der Waals surface area contributed by atoms with Crippen molar-refractivity contribution in [3.05, 3.63) is 67.6 Å². The normalized spacial score (nSPS) is 10.4. The third-order valence-electron chi connectivity index (χ3n) is 2.82. The van der Waals surface area contributed by atoms with Gasteiger partial charge in [0.25, 0.3) is 5.91 Å². The standard InChI is InChI=1S/C15H12Br2ClNO/c1-19(9-10-3-2-4-12(18)7-10)15(20)13-6-5-11(16)8-14(13)17/h2-8H,9H2,1H3. The van der Waals surface area contributed by atoms with E-state index < -0.39 is 0 Å². The van der Waals surface area contributed by atoms with E-state index in [2.05, 4.69) is 31.9 Å². The Labute approximate surface area is 140 Å². The zero-order valence-electron chi connectivity index (χ0n) is 10.7. The van der Waals surface area contributed by atoms with Crippen LogP contribution >= 0.6 is 43.5 Å². The molecule has 2 aromatic rings. The molecular weight excluding hydrogens is 405 g/mol. The summed E-state index contributed by atoms with van der Waals surface area (Å²) in [5.74, 6) is -0.0376. The maximum Gasteiger partial charge on any atom is 0.255 e. The molecule has 0 aliphatic heterocycles. The molecule has 20 heavy (non-hydrogen) atoms. The number of hydrogen-bond acceptors (Lipinski definition) is 1. The lowest BCUT2D eigenvalue weighted by atomic mass is 10.1. The Balaban J connectivity index is 2.16. The fourth-order valence-electron chi connectivity index (χ4n) is 1.85. The average Bonchev–Trinajstić information content (AvgIpc) is 2.38. The number of hydrogen-bond donors (Lipinski definition) is 0. The monoisotopic (exact) mass is 415 g/mol. The molecule has 0 fully saturated rings. The number of nitrogens with zero attached hydrogens (tertiary/aromatic N) is 1. The molecule has 2 nitrogen and oxygen atoms in total. The van der Waals surface area contributed by atoms with Gasteiger partial charge in [-0.3, -0.25) is 4.79 Å². The second-order valence-electron chi connectivity index (χ2n) is 4.42. The van der Waals surface area contributed by atoms with E-state index in [1.54, 1.807) is 18.0 Å². The molecule has 0 aromatic heterocycles. The topological polar surface area (TPSA) is 20.3 Å². The minimum Gasteiger partial charge on any atom is -0.337 e. The van der Waals surface area contributed by atoms with E-state index in [1.165, 1.54) is 0 Å². The molecule has 0 saturated heterocycles. The maximum absolute atomic E-state index is 12.4. The lowest BCUT2D eigenvalue weighted by molar-refractivity contribution is 0.0784. The molecule has 0 heterocycles. The van der Waals surface area contributed by atoms with Crippen LogP contribution in [0.5, 0.6) is 0 Å². The first-order chi connectivity index (χ1) is 9.47. The predicted octanol–water partition coefficient (Wildman–Crippen LogP) is 5.14. The molecule has 0 spiro atoms. The van der Waals surface area contributed by atoms with Crippen LogP contribution in [0.4, 0.5) is 0 Å². The summed E-state index contributed by atoms with van der Waals surface area (Å²) in [6, 6.07) is 13.0. The molecule has 0 saturated carbocycles. The molecule has 0 radical (unpaired) electrons. The summed E-state index contributed by atoms with van der Waals surface area (Å²) in [5.41, 5.74) is 1.64. The first kappa shape index (κ1) is 15.5. The highest BCUT2D eigenvalue weighted by atomic mass is 79.9. The second kappa shape index (κ2) is 6.74. The molecule has 0 aliphatic carbocycles. The van der Waals surface area contributed by atoms with Crippen LogP contribution in [0.1, 0.15) is 15.9 Å². The third-order valence-corrected chi connectivity index (χ3v) is 4.20. The first-order valence-electron chi connectivity index (χ1n) is 5.92. The number of carbonyl (C=O) groups excluding carboxylic acids is 1. The van der Waals surface area contributed by atoms with Gasteiger partial charge < -0.3 is 4.90 Å². The van der Waals surface area contributed by atoms with Crippen molar-refractivity contribution in [2.75, 3.05) is 7.05 Å². The van der Waals surface area contributed by atoms with E-state index in [4.69, 9.17) is 11.6 Å². The third kappa shape index (κ3) is 3.84. The van der Waals surface area contributed by atoms with Crippen molar-refractivity contribution in [3.63, 3.8) is 0 Å². The first-order valence-corrected chi connectivity index (χ1v) is 7.89. The molecule has 2 rings (SSSR count). The van der Waals surface area contributed by atoms with E-state index in [1.807, 2.05) is 36.4 Å². The number of carbonyl (C=O) groups is 1. The van der Waals surface area contributed by atoms with Gasteiger partial charge in [-0.25, -0.2) is 0 Å². The molecule has 0 atom stereocenters. The lowest BCUT2D eigenvalue weighted by Gasteiger charge is -2.18. The highest BCUT2D eigenvalue weighted by molar-refractivity contribution is 9.11. The van der Waals surface area contributed by atoms with E-state index >= 15 is 0 Å². The molecule has 104 valence electrons. The minimum absolute atomic E-state index is 0.0376. The number of rotatable bonds is 3. The Morgan fingerprint density at radius 2 is 1.95 bits per heavy atom. The van der Waals surface area contributed by atoms with Gasteiger partial charge in [0.15, 0.2) is 0 Å². The maximum atomic E-state index is 12.4. The van der Waals surface area contributed by atoms with Crippen molar-refractivity contribution < 1.29 is 4.79 Å². The SMILES string of the molecule is CN(Cc1cccc(Cl)c1)C(=O)c1ccc(Br)cc1Br. The quantitative estimate of drug-likeness (QED) is 0.677. The molecular formula is C15H12Br2ClNO. The van der Waals surface area contributed by atoms with Crippen LogP contribution in [0, 0.1) is 0 Å². The predicted molar refractivity (Wildman–Crippen MR) is 89.1 cm³/mol. The molecule has 0 bridgehead atoms. The fourth-order valence-corrected chi connectivity index (χ4v) is 3.28. The largest absolute Gasteiger partial charge is 0.337 e. The van der Waals surface area contributed by atoms with Crippen LogP contribution in [0.15, 0.2) is 51.4 Å². The van der Waals surface area contributed by atoms with Crippen molar-refractivity contribution in [2.45, 2.75) is 6.54 Å². The summed E-state index contributed by atoms with van der Waals surface area (Å²) in [5, 5.41) is 0.674. The van der Waals surface area contributed by atoms with Gasteiger partial charge in [-0.1, -0.05) is 39.7 Å². The average molecular weight is 418 g/mol. The van der Waals surface area contributed by atoms with Gasteiger partial charge in [0.1, 0.15) is 0 Å². The van der Waals surface area contributed by atoms with Gasteiger partial charge in [-0.05, 0) is 51.8 Å². The van der Waals surface area contributed by atoms with Crippen LogP contribution in [-0.4, -0.2) is 17.9 Å². The highest BCUT2D eigenvalue weighted by Gasteiger charge is 2.15. The van der Waals surface area contributed by atoms with E-state index in [9.17, 15) is 4.79 Å². The molecule has 0 aliphatic rings. The molecule has 0 unspecified atom stereocenters. The van der Waals surface area contributed by atoms with Crippen molar-refractivity contribution in [2.24, 2.45) is 0 Å². The molecule has 0 N–H and O–H groups in total. The molecule has 2 aromatic carbocycles. The Morgan fingerprint density at radius 3 is 2.60 bits per heavy atom. The van der Waals surface area contributed by atoms with Crippen molar-refractivity contribution in [1.82, 2.24) is 4.90 Å². The van der Waals surface area contributed by atoms with Gasteiger partial charge in [-0.2, -0.15) is 0 Å². The van der Waals surface area contributed by atoms with Crippen LogP contribution in [0.2, 0.25) is 5.02 Å². The Morgan fingerprint density at radius 1 is 1.20 bits per heavy atom. The fraction of sp³-hybridized carbons (Fsp3) is 0.133. The number of halogens is 3. The smallest absolute Gasteiger partial charge is 0.255 e. The Bertz CT molecular complexity index is 646. The zero-order chi connectivity index (χ0) is 14.7. The van der Waals surface area contributed by atoms with Gasteiger partial charge in [0.2, 0.25) is 0 Å². The minimum atomic E-state index is -0.0376.